The molecule has 4 rings (SSSR count). The van der Waals surface area contributed by atoms with Gasteiger partial charge in [-0.3, -0.25) is 4.72 Å². The second-order valence-corrected chi connectivity index (χ2v) is 12.1. The predicted octanol–water partition coefficient (Wildman–Crippen LogP) is 6.31. The largest absolute Gasteiger partial charge is 0.470 e. The average molecular weight is 556 g/mol. The van der Waals surface area contributed by atoms with Gasteiger partial charge in [0, 0.05) is 23.2 Å². The van der Waals surface area contributed by atoms with Crippen molar-refractivity contribution in [3.63, 3.8) is 0 Å². The van der Waals surface area contributed by atoms with Crippen molar-refractivity contribution in [2.75, 3.05) is 11.3 Å². The minimum atomic E-state index is -3.91. The number of hydrogen-bond donors (Lipinski definition) is 1. The van der Waals surface area contributed by atoms with Crippen LogP contribution in [0.2, 0.25) is 0 Å². The Kier molecular flexibility index (Phi) is 7.74. The molecule has 0 unspecified atom stereocenters. The number of rotatable bonds is 9. The normalized spacial score (nSPS) is 12.5. The monoisotopic (exact) mass is 555 g/mol. The number of ether oxygens (including phenoxy) is 1. The van der Waals surface area contributed by atoms with Crippen molar-refractivity contribution in [1.82, 2.24) is 19.7 Å². The molecule has 0 fully saturated rings. The summed E-state index contributed by atoms with van der Waals surface area (Å²) in [6.07, 6.45) is 2.82. The van der Waals surface area contributed by atoms with Crippen LogP contribution in [-0.4, -0.2) is 40.7 Å². The Morgan fingerprint density at radius 3 is 2.33 bits per heavy atom. The molecule has 0 aliphatic rings. The Morgan fingerprint density at radius 1 is 1.00 bits per heavy atom. The van der Waals surface area contributed by atoms with E-state index in [1.165, 1.54) is 56.0 Å². The van der Waals surface area contributed by atoms with Crippen LogP contribution in [0.15, 0.2) is 78.0 Å². The van der Waals surface area contributed by atoms with Gasteiger partial charge in [-0.25, -0.2) is 31.8 Å². The van der Waals surface area contributed by atoms with Crippen molar-refractivity contribution in [2.45, 2.75) is 51.4 Å². The first-order valence-corrected chi connectivity index (χ1v) is 13.9. The van der Waals surface area contributed by atoms with Crippen molar-refractivity contribution in [1.29, 1.82) is 0 Å². The van der Waals surface area contributed by atoms with Crippen molar-refractivity contribution >= 4 is 15.8 Å². The molecule has 2 aromatic carbocycles. The molecule has 8 nitrogen and oxygen atoms in total. The van der Waals surface area contributed by atoms with Crippen LogP contribution in [0, 0.1) is 5.41 Å². The van der Waals surface area contributed by atoms with Crippen LogP contribution in [0.5, 0.6) is 5.88 Å². The van der Waals surface area contributed by atoms with Crippen LogP contribution in [-0.2, 0) is 10.0 Å². The molecule has 0 amide bonds. The fourth-order valence-electron chi connectivity index (χ4n) is 3.68. The van der Waals surface area contributed by atoms with Gasteiger partial charge in [-0.15, -0.1) is 5.10 Å². The summed E-state index contributed by atoms with van der Waals surface area (Å²) in [5.41, 5.74) is 0.775. The number of halogens is 2. The highest BCUT2D eigenvalue weighted by Crippen LogP contribution is 2.36. The molecule has 2 heterocycles. The summed E-state index contributed by atoms with van der Waals surface area (Å²) in [4.78, 5) is 9.18. The van der Waals surface area contributed by atoms with Gasteiger partial charge in [0.2, 0.25) is 5.88 Å². The van der Waals surface area contributed by atoms with Gasteiger partial charge >= 0.3 is 0 Å². The zero-order chi connectivity index (χ0) is 28.4. The number of nitrogens with zero attached hydrogens (tertiary/aromatic N) is 4. The van der Waals surface area contributed by atoms with E-state index < -0.39 is 28.0 Å². The molecule has 2 aromatic heterocycles. The van der Waals surface area contributed by atoms with Crippen molar-refractivity contribution in [2.24, 2.45) is 5.41 Å². The first kappa shape index (κ1) is 28.2. The Labute approximate surface area is 227 Å². The maximum absolute atomic E-state index is 14.4. The van der Waals surface area contributed by atoms with E-state index in [9.17, 15) is 17.2 Å². The number of anilines is 1. The van der Waals surface area contributed by atoms with E-state index in [2.05, 4.69) is 19.8 Å². The lowest BCUT2D eigenvalue weighted by atomic mass is 9.88. The third-order valence-electron chi connectivity index (χ3n) is 6.16. The molecule has 0 bridgehead atoms. The van der Waals surface area contributed by atoms with Crippen LogP contribution in [0.4, 0.5) is 14.6 Å². The molecule has 11 heteroatoms. The fourth-order valence-corrected chi connectivity index (χ4v) is 4.68. The highest BCUT2D eigenvalue weighted by molar-refractivity contribution is 7.92. The van der Waals surface area contributed by atoms with Gasteiger partial charge in [0.1, 0.15) is 5.69 Å². The van der Waals surface area contributed by atoms with Crippen molar-refractivity contribution in [3.05, 3.63) is 78.6 Å². The van der Waals surface area contributed by atoms with Gasteiger partial charge < -0.3 is 4.74 Å². The maximum Gasteiger partial charge on any atom is 0.286 e. The maximum atomic E-state index is 14.4. The molecular weight excluding hydrogens is 524 g/mol. The number of sulfonamides is 1. The second kappa shape index (κ2) is 10.7. The zero-order valence-electron chi connectivity index (χ0n) is 22.4. The van der Waals surface area contributed by atoms with Crippen molar-refractivity contribution in [3.8, 4) is 23.0 Å². The molecule has 0 aliphatic heterocycles. The van der Waals surface area contributed by atoms with E-state index in [4.69, 9.17) is 4.74 Å². The highest BCUT2D eigenvalue weighted by atomic mass is 32.2. The molecule has 0 saturated carbocycles. The lowest BCUT2D eigenvalue weighted by Gasteiger charge is -2.29. The van der Waals surface area contributed by atoms with Gasteiger partial charge in [0.15, 0.2) is 18.2 Å². The Hall–Kier alpha value is -3.86. The van der Waals surface area contributed by atoms with Crippen LogP contribution < -0.4 is 9.46 Å². The minimum Gasteiger partial charge on any atom is -0.470 e. The van der Waals surface area contributed by atoms with Crippen LogP contribution in [0.25, 0.3) is 17.1 Å². The lowest BCUT2D eigenvalue weighted by Crippen LogP contribution is -2.39. The van der Waals surface area contributed by atoms with E-state index in [0.717, 1.165) is 11.1 Å². The first-order chi connectivity index (χ1) is 18.3. The van der Waals surface area contributed by atoms with E-state index >= 15 is 0 Å². The van der Waals surface area contributed by atoms with E-state index in [0.29, 0.717) is 5.69 Å². The first-order valence-electron chi connectivity index (χ1n) is 12.4. The second-order valence-electron chi connectivity index (χ2n) is 10.4. The molecule has 0 radical (unpaired) electrons. The van der Waals surface area contributed by atoms with Gasteiger partial charge in [0.25, 0.3) is 15.9 Å². The molecule has 0 aliphatic carbocycles. The van der Waals surface area contributed by atoms with E-state index in [1.807, 2.05) is 38.1 Å². The molecule has 206 valence electrons. The molecule has 0 atom stereocenters. The third-order valence-corrected chi connectivity index (χ3v) is 7.53. The molecule has 39 heavy (non-hydrogen) atoms. The third kappa shape index (κ3) is 6.25. The lowest BCUT2D eigenvalue weighted by molar-refractivity contribution is -0.124. The predicted molar refractivity (Wildman–Crippen MR) is 146 cm³/mol. The molecule has 0 spiro atoms. The Balaban J connectivity index is 1.74. The molecular formula is C28H31F2N5O3S. The molecule has 4 aromatic rings. The Bertz CT molecular complexity index is 1550. The summed E-state index contributed by atoms with van der Waals surface area (Å²) < 4.78 is 63.9. The molecule has 0 saturated heterocycles. The zero-order valence-corrected chi connectivity index (χ0v) is 23.2. The SMILES string of the molecule is CC(C)c1ccccc1-c1nc(NS(=O)(=O)c2ccccc2)cnc1-n1ccc(OCC(F)(F)C(C)(C)C)n1. The van der Waals surface area contributed by atoms with Gasteiger partial charge in [-0.05, 0) is 23.6 Å². The Morgan fingerprint density at radius 2 is 1.67 bits per heavy atom. The standard InChI is InChI=1S/C28H31F2N5O3S/c1-19(2)21-13-9-10-14-22(21)25-26(35-16-15-24(33-35)38-18-28(29,30)27(3,4)5)31-17-23(32-25)34-39(36,37)20-11-7-6-8-12-20/h6-17,19H,18H2,1-5H3,(H,32,34). The summed E-state index contributed by atoms with van der Waals surface area (Å²) >= 11 is 0. The summed E-state index contributed by atoms with van der Waals surface area (Å²) in [6.45, 7) is 7.55. The van der Waals surface area contributed by atoms with Crippen LogP contribution >= 0.6 is 0 Å². The number of hydrogen-bond acceptors (Lipinski definition) is 6. The topological polar surface area (TPSA) is 99.0 Å². The summed E-state index contributed by atoms with van der Waals surface area (Å²) in [7, 11) is -3.91. The highest BCUT2D eigenvalue weighted by Gasteiger charge is 2.44. The summed E-state index contributed by atoms with van der Waals surface area (Å²) in [5.74, 6) is -2.66. The van der Waals surface area contributed by atoms with E-state index in [-0.39, 0.29) is 28.3 Å². The number of benzene rings is 2. The van der Waals surface area contributed by atoms with Gasteiger partial charge in [0.05, 0.1) is 11.1 Å². The van der Waals surface area contributed by atoms with E-state index in [1.54, 1.807) is 18.2 Å². The van der Waals surface area contributed by atoms with Crippen molar-refractivity contribution < 1.29 is 21.9 Å². The minimum absolute atomic E-state index is 0.00215. The quantitative estimate of drug-likeness (QED) is 0.260. The average Bonchev–Trinajstić information content (AvgIpc) is 3.36. The molecule has 1 N–H and O–H groups in total. The summed E-state index contributed by atoms with van der Waals surface area (Å²) in [5, 5.41) is 4.30. The summed E-state index contributed by atoms with van der Waals surface area (Å²) in [6, 6.07) is 17.0. The van der Waals surface area contributed by atoms with Crippen LogP contribution in [0.1, 0.15) is 46.1 Å². The van der Waals surface area contributed by atoms with Gasteiger partial charge in [-0.1, -0.05) is 77.1 Å². The number of alkyl halides is 2. The number of aromatic nitrogens is 4. The van der Waals surface area contributed by atoms with Crippen LogP contribution in [0.3, 0.4) is 0 Å². The smallest absolute Gasteiger partial charge is 0.286 e. The number of nitrogens with one attached hydrogen (secondary N) is 1. The van der Waals surface area contributed by atoms with Gasteiger partial charge in [-0.2, -0.15) is 0 Å². The fraction of sp³-hybridized carbons (Fsp3) is 0.321.